The van der Waals surface area contributed by atoms with Gasteiger partial charge in [-0.2, -0.15) is 0 Å². The largest absolute Gasteiger partial charge is 0.469 e. The van der Waals surface area contributed by atoms with E-state index in [0.29, 0.717) is 0 Å². The van der Waals surface area contributed by atoms with Crippen molar-refractivity contribution in [1.82, 2.24) is 0 Å². The van der Waals surface area contributed by atoms with Gasteiger partial charge in [-0.1, -0.05) is 0 Å². The van der Waals surface area contributed by atoms with Crippen LogP contribution in [0.25, 0.3) is 0 Å². The Kier molecular flexibility index (Phi) is 2.07. The van der Waals surface area contributed by atoms with E-state index in [1.165, 1.54) is 0 Å². The zero-order chi connectivity index (χ0) is 6.53. The second-order valence-corrected chi connectivity index (χ2v) is 1.72. The SMILES string of the molecule is CN=CCc1ccco1. The van der Waals surface area contributed by atoms with Crippen molar-refractivity contribution >= 4 is 6.21 Å². The third-order valence-corrected chi connectivity index (χ3v) is 1.06. The van der Waals surface area contributed by atoms with Gasteiger partial charge in [-0.25, -0.2) is 0 Å². The Hall–Kier alpha value is -1.05. The van der Waals surface area contributed by atoms with Gasteiger partial charge in [-0.3, -0.25) is 0 Å². The van der Waals surface area contributed by atoms with Gasteiger partial charge in [0.2, 0.25) is 0 Å². The number of aliphatic imine (C=N–C) groups is 1. The van der Waals surface area contributed by atoms with Gasteiger partial charge in [-0.15, -0.1) is 0 Å². The molecule has 0 saturated carbocycles. The number of furan rings is 1. The zero-order valence-electron chi connectivity index (χ0n) is 5.37. The van der Waals surface area contributed by atoms with Gasteiger partial charge in [0.15, 0.2) is 0 Å². The highest BCUT2D eigenvalue weighted by Gasteiger charge is 1.88. The monoisotopic (exact) mass is 123 g/mol. The third-order valence-electron chi connectivity index (χ3n) is 1.06. The highest BCUT2D eigenvalue weighted by molar-refractivity contribution is 5.59. The normalized spacial score (nSPS) is 10.8. The lowest BCUT2D eigenvalue weighted by molar-refractivity contribution is 0.527. The van der Waals surface area contributed by atoms with Crippen LogP contribution in [0.1, 0.15) is 5.76 Å². The van der Waals surface area contributed by atoms with Gasteiger partial charge in [0.1, 0.15) is 5.76 Å². The van der Waals surface area contributed by atoms with E-state index < -0.39 is 0 Å². The van der Waals surface area contributed by atoms with Crippen LogP contribution in [0.5, 0.6) is 0 Å². The van der Waals surface area contributed by atoms with Crippen LogP contribution in [0.15, 0.2) is 27.8 Å². The molecule has 0 saturated heterocycles. The van der Waals surface area contributed by atoms with Crippen LogP contribution < -0.4 is 0 Å². The van der Waals surface area contributed by atoms with Crippen molar-refractivity contribution in [3.63, 3.8) is 0 Å². The highest BCUT2D eigenvalue weighted by Crippen LogP contribution is 1.98. The van der Waals surface area contributed by atoms with E-state index in [9.17, 15) is 0 Å². The van der Waals surface area contributed by atoms with Crippen molar-refractivity contribution in [2.24, 2.45) is 4.99 Å². The molecule has 0 atom stereocenters. The molecule has 0 unspecified atom stereocenters. The summed E-state index contributed by atoms with van der Waals surface area (Å²) in [5.74, 6) is 0.959. The van der Waals surface area contributed by atoms with Crippen molar-refractivity contribution in [2.75, 3.05) is 7.05 Å². The van der Waals surface area contributed by atoms with Gasteiger partial charge in [0.25, 0.3) is 0 Å². The molecule has 0 aromatic carbocycles. The predicted molar refractivity (Wildman–Crippen MR) is 36.8 cm³/mol. The van der Waals surface area contributed by atoms with Crippen LogP contribution in [-0.4, -0.2) is 13.3 Å². The molecule has 2 heteroatoms. The number of rotatable bonds is 2. The summed E-state index contributed by atoms with van der Waals surface area (Å²) >= 11 is 0. The minimum absolute atomic E-state index is 0.795. The molecule has 0 N–H and O–H groups in total. The van der Waals surface area contributed by atoms with E-state index >= 15 is 0 Å². The predicted octanol–water partition coefficient (Wildman–Crippen LogP) is 1.52. The van der Waals surface area contributed by atoms with Crippen molar-refractivity contribution < 1.29 is 4.42 Å². The molecule has 48 valence electrons. The first kappa shape index (κ1) is 6.08. The van der Waals surface area contributed by atoms with Crippen LogP contribution in [0, 0.1) is 0 Å². The minimum atomic E-state index is 0.795. The molecular weight excluding hydrogens is 114 g/mol. The van der Waals surface area contributed by atoms with Crippen LogP contribution in [-0.2, 0) is 6.42 Å². The molecule has 0 aliphatic rings. The van der Waals surface area contributed by atoms with Gasteiger partial charge >= 0.3 is 0 Å². The minimum Gasteiger partial charge on any atom is -0.469 e. The summed E-state index contributed by atoms with van der Waals surface area (Å²) in [6, 6.07) is 3.81. The average Bonchev–Trinajstić information content (AvgIpc) is 2.34. The molecule has 2 nitrogen and oxygen atoms in total. The van der Waals surface area contributed by atoms with Crippen LogP contribution in [0.2, 0.25) is 0 Å². The Morgan fingerprint density at radius 2 is 2.67 bits per heavy atom. The van der Waals surface area contributed by atoms with Crippen molar-refractivity contribution in [3.05, 3.63) is 24.2 Å². The van der Waals surface area contributed by atoms with E-state index in [-0.39, 0.29) is 0 Å². The Morgan fingerprint density at radius 1 is 1.78 bits per heavy atom. The van der Waals surface area contributed by atoms with E-state index in [4.69, 9.17) is 4.42 Å². The molecular formula is C7H9NO. The maximum atomic E-state index is 5.04. The van der Waals surface area contributed by atoms with Crippen LogP contribution in [0.4, 0.5) is 0 Å². The Labute approximate surface area is 54.2 Å². The van der Waals surface area contributed by atoms with E-state index in [1.807, 2.05) is 18.3 Å². The molecule has 0 bridgehead atoms. The molecule has 0 spiro atoms. The van der Waals surface area contributed by atoms with E-state index in [2.05, 4.69) is 4.99 Å². The molecule has 0 aliphatic heterocycles. The van der Waals surface area contributed by atoms with Crippen molar-refractivity contribution in [1.29, 1.82) is 0 Å². The second-order valence-electron chi connectivity index (χ2n) is 1.72. The van der Waals surface area contributed by atoms with E-state index in [1.54, 1.807) is 13.3 Å². The fourth-order valence-electron chi connectivity index (χ4n) is 0.610. The van der Waals surface area contributed by atoms with Gasteiger partial charge in [-0.05, 0) is 12.1 Å². The molecule has 0 aliphatic carbocycles. The van der Waals surface area contributed by atoms with Gasteiger partial charge < -0.3 is 9.41 Å². The highest BCUT2D eigenvalue weighted by atomic mass is 16.3. The quantitative estimate of drug-likeness (QED) is 0.547. The lowest BCUT2D eigenvalue weighted by Gasteiger charge is -1.83. The first-order chi connectivity index (χ1) is 4.43. The summed E-state index contributed by atoms with van der Waals surface area (Å²) in [5, 5.41) is 0. The summed E-state index contributed by atoms with van der Waals surface area (Å²) in [6.45, 7) is 0. The van der Waals surface area contributed by atoms with Crippen molar-refractivity contribution in [2.45, 2.75) is 6.42 Å². The van der Waals surface area contributed by atoms with E-state index in [0.717, 1.165) is 12.2 Å². The molecule has 0 fully saturated rings. The molecule has 0 amide bonds. The maximum Gasteiger partial charge on any atom is 0.109 e. The molecule has 0 radical (unpaired) electrons. The molecule has 1 aromatic heterocycles. The zero-order valence-corrected chi connectivity index (χ0v) is 5.37. The standard InChI is InChI=1S/C7H9NO/c1-8-5-4-7-3-2-6-9-7/h2-3,5-6H,4H2,1H3. The lowest BCUT2D eigenvalue weighted by Crippen LogP contribution is -1.79. The van der Waals surface area contributed by atoms with Crippen LogP contribution >= 0.6 is 0 Å². The first-order valence-corrected chi connectivity index (χ1v) is 2.86. The Balaban J connectivity index is 2.48. The summed E-state index contributed by atoms with van der Waals surface area (Å²) in [6.07, 6.45) is 4.28. The summed E-state index contributed by atoms with van der Waals surface area (Å²) in [7, 11) is 1.75. The lowest BCUT2D eigenvalue weighted by atomic mass is 10.3. The summed E-state index contributed by atoms with van der Waals surface area (Å²) < 4.78 is 5.04. The average molecular weight is 123 g/mol. The molecule has 1 heterocycles. The fraction of sp³-hybridized carbons (Fsp3) is 0.286. The topological polar surface area (TPSA) is 25.5 Å². The van der Waals surface area contributed by atoms with Crippen molar-refractivity contribution in [3.8, 4) is 0 Å². The smallest absolute Gasteiger partial charge is 0.109 e. The second kappa shape index (κ2) is 3.07. The molecule has 9 heavy (non-hydrogen) atoms. The number of hydrogen-bond acceptors (Lipinski definition) is 2. The molecule has 1 rings (SSSR count). The Bertz CT molecular complexity index is 177. The van der Waals surface area contributed by atoms with Gasteiger partial charge in [0.05, 0.1) is 6.26 Å². The Morgan fingerprint density at radius 3 is 3.22 bits per heavy atom. The third kappa shape index (κ3) is 1.72. The first-order valence-electron chi connectivity index (χ1n) is 2.86. The maximum absolute atomic E-state index is 5.04. The summed E-state index contributed by atoms with van der Waals surface area (Å²) in [4.78, 5) is 3.83. The van der Waals surface area contributed by atoms with Crippen LogP contribution in [0.3, 0.4) is 0 Å². The fourth-order valence-corrected chi connectivity index (χ4v) is 0.610. The number of nitrogens with zero attached hydrogens (tertiary/aromatic N) is 1. The summed E-state index contributed by atoms with van der Waals surface area (Å²) in [5.41, 5.74) is 0. The van der Waals surface area contributed by atoms with Gasteiger partial charge in [0, 0.05) is 19.7 Å². The molecule has 1 aromatic rings. The number of hydrogen-bond donors (Lipinski definition) is 0.